The zero-order chi connectivity index (χ0) is 41.2. The summed E-state index contributed by atoms with van der Waals surface area (Å²) in [4.78, 5) is 22.7. The van der Waals surface area contributed by atoms with Crippen LogP contribution in [0.25, 0.3) is 22.3 Å². The van der Waals surface area contributed by atoms with Gasteiger partial charge in [-0.3, -0.25) is 14.1 Å². The lowest BCUT2D eigenvalue weighted by Gasteiger charge is -2.41. The summed E-state index contributed by atoms with van der Waals surface area (Å²) in [5.41, 5.74) is -0.191. The molecule has 2 fully saturated rings. The molecule has 0 radical (unpaired) electrons. The van der Waals surface area contributed by atoms with Crippen LogP contribution in [0.1, 0.15) is 6.42 Å². The first-order valence-corrected chi connectivity index (χ1v) is 17.5. The molecule has 3 heterocycles. The SMILES string of the molecule is COc1cc(-c2[o+]c3cc(O)cc(OC4OC(COC(=O)CC(=O)O)C(O)C(O)C4OS(=O)(=O)O)c3cc2OC2OC(CO)C(O)C(O)C2O)cc(OC)c1O. The van der Waals surface area contributed by atoms with E-state index in [0.29, 0.717) is 0 Å². The number of aromatic hydroxyl groups is 2. The third-order valence-corrected chi connectivity index (χ3v) is 8.92. The van der Waals surface area contributed by atoms with Crippen molar-refractivity contribution in [3.05, 3.63) is 30.3 Å². The average molecular weight is 822 g/mol. The van der Waals surface area contributed by atoms with Gasteiger partial charge < -0.3 is 79.1 Å². The number of carboxylic acid groups (broad SMARTS) is 1. The fourth-order valence-electron chi connectivity index (χ4n) is 5.73. The number of rotatable bonds is 14. The molecule has 1 aromatic heterocycles. The minimum Gasteiger partial charge on any atom is -0.507 e. The number of hydrogen-bond acceptors (Lipinski definition) is 20. The van der Waals surface area contributed by atoms with E-state index in [9.17, 15) is 63.4 Å². The van der Waals surface area contributed by atoms with Crippen LogP contribution in [0.5, 0.6) is 34.5 Å². The smallest absolute Gasteiger partial charge is 0.402 e. The third kappa shape index (κ3) is 9.22. The van der Waals surface area contributed by atoms with Crippen molar-refractivity contribution in [2.45, 2.75) is 67.8 Å². The third-order valence-electron chi connectivity index (χ3n) is 8.46. The largest absolute Gasteiger partial charge is 0.507 e. The highest BCUT2D eigenvalue weighted by Gasteiger charge is 2.50. The quantitative estimate of drug-likeness (QED) is 0.0364. The fraction of sp³-hybridized carbons (Fsp3) is 0.469. The van der Waals surface area contributed by atoms with E-state index in [1.807, 2.05) is 0 Å². The van der Waals surface area contributed by atoms with Crippen LogP contribution >= 0.6 is 0 Å². The number of methoxy groups -OCH3 is 2. The summed E-state index contributed by atoms with van der Waals surface area (Å²) in [6.07, 6.45) is -20.4. The Morgan fingerprint density at radius 2 is 1.39 bits per heavy atom. The van der Waals surface area contributed by atoms with Crippen molar-refractivity contribution in [3.8, 4) is 45.8 Å². The lowest BCUT2D eigenvalue weighted by molar-refractivity contribution is -0.277. The van der Waals surface area contributed by atoms with Gasteiger partial charge in [0.25, 0.3) is 0 Å². The number of aliphatic hydroxyl groups is 6. The molecule has 56 heavy (non-hydrogen) atoms. The highest BCUT2D eigenvalue weighted by Crippen LogP contribution is 2.46. The molecule has 0 amide bonds. The van der Waals surface area contributed by atoms with Gasteiger partial charge in [-0.05, 0) is 0 Å². The summed E-state index contributed by atoms with van der Waals surface area (Å²) in [6.45, 7) is -1.73. The van der Waals surface area contributed by atoms with Crippen molar-refractivity contribution < 1.29 is 110 Å². The Morgan fingerprint density at radius 3 is 1.98 bits per heavy atom. The molecule has 0 spiro atoms. The molecule has 0 bridgehead atoms. The predicted octanol–water partition coefficient (Wildman–Crippen LogP) is -1.98. The molecule has 0 aliphatic carbocycles. The van der Waals surface area contributed by atoms with Gasteiger partial charge in [0.1, 0.15) is 72.6 Å². The second-order valence-electron chi connectivity index (χ2n) is 12.2. The number of carbonyl (C=O) groups excluding carboxylic acids is 1. The van der Waals surface area contributed by atoms with E-state index in [4.69, 9.17) is 42.7 Å². The zero-order valence-electron chi connectivity index (χ0n) is 29.0. The maximum atomic E-state index is 11.9. The molecule has 23 nitrogen and oxygen atoms in total. The second-order valence-corrected chi connectivity index (χ2v) is 13.3. The van der Waals surface area contributed by atoms with Crippen LogP contribution in [0, 0.1) is 0 Å². The molecular weight excluding hydrogens is 784 g/mol. The first-order valence-electron chi connectivity index (χ1n) is 16.1. The molecule has 0 saturated carbocycles. The van der Waals surface area contributed by atoms with Gasteiger partial charge in [0.05, 0.1) is 32.5 Å². The number of hydrogen-bond donors (Lipinski definition) is 10. The lowest BCUT2D eigenvalue weighted by atomic mass is 9.99. The van der Waals surface area contributed by atoms with E-state index < -0.39 is 121 Å². The lowest BCUT2D eigenvalue weighted by Crippen LogP contribution is -2.61. The van der Waals surface area contributed by atoms with Crippen molar-refractivity contribution in [2.75, 3.05) is 27.4 Å². The monoisotopic (exact) mass is 821 g/mol. The molecule has 2 aliphatic rings. The number of ether oxygens (including phenoxy) is 7. The first kappa shape index (κ1) is 42.3. The first-order chi connectivity index (χ1) is 26.3. The average Bonchev–Trinajstić information content (AvgIpc) is 3.13. The Labute approximate surface area is 314 Å². The number of carbonyl (C=O) groups is 2. The van der Waals surface area contributed by atoms with Crippen LogP contribution in [0.15, 0.2) is 34.7 Å². The van der Waals surface area contributed by atoms with E-state index >= 15 is 0 Å². The molecule has 3 aromatic rings. The van der Waals surface area contributed by atoms with Gasteiger partial charge in [0.2, 0.25) is 24.1 Å². The molecule has 24 heteroatoms. The number of benzene rings is 2. The maximum Gasteiger partial charge on any atom is 0.402 e. The van der Waals surface area contributed by atoms with Gasteiger partial charge in [-0.1, -0.05) is 0 Å². The van der Waals surface area contributed by atoms with Gasteiger partial charge in [0.15, 0.2) is 17.6 Å². The van der Waals surface area contributed by atoms with Crippen molar-refractivity contribution >= 4 is 33.3 Å². The number of fused-ring (bicyclic) bond motifs is 1. The standard InChI is InChI=1S/C32H36O23S/c1-47-16-3-11(4-17(48-2)23(16)38)29-18(52-31-28(43)26(41)24(39)19(9-33)53-31)7-13-14(50-29)5-12(34)6-15(13)51-32-30(55-56(44,45)46)27(42)25(40)20(54-32)10-49-22(37)8-21(35)36/h3-7,19-20,24-28,30-33,39-43H,8-10H2,1-2H3,(H3-,34,35,36,38,44,45,46)/p+1. The normalized spacial score (nSPS) is 28.0. The Balaban J connectivity index is 1.63. The van der Waals surface area contributed by atoms with Gasteiger partial charge in [-0.15, -0.1) is 0 Å². The molecule has 5 rings (SSSR count). The van der Waals surface area contributed by atoms with E-state index in [1.165, 1.54) is 26.4 Å². The van der Waals surface area contributed by atoms with Gasteiger partial charge in [0, 0.05) is 24.3 Å². The topological polar surface area (TPSA) is 356 Å². The molecule has 2 aromatic carbocycles. The van der Waals surface area contributed by atoms with Crippen molar-refractivity contribution in [1.82, 2.24) is 0 Å². The number of aliphatic carboxylic acids is 1. The fourth-order valence-corrected chi connectivity index (χ4v) is 6.21. The Hall–Kier alpha value is -4.86. The highest BCUT2D eigenvalue weighted by molar-refractivity contribution is 7.80. The van der Waals surface area contributed by atoms with E-state index in [-0.39, 0.29) is 39.5 Å². The molecule has 2 saturated heterocycles. The van der Waals surface area contributed by atoms with Crippen molar-refractivity contribution in [2.24, 2.45) is 0 Å². The minimum atomic E-state index is -5.41. The number of esters is 1. The maximum absolute atomic E-state index is 11.9. The summed E-state index contributed by atoms with van der Waals surface area (Å²) in [7, 11) is -2.94. The number of phenolic OH excluding ortho intramolecular Hbond substituents is 2. The summed E-state index contributed by atoms with van der Waals surface area (Å²) < 4.78 is 81.7. The number of phenols is 2. The minimum absolute atomic E-state index is 0.0541. The van der Waals surface area contributed by atoms with Crippen LogP contribution in [-0.4, -0.2) is 160 Å². The Bertz CT molecular complexity index is 2000. The van der Waals surface area contributed by atoms with E-state index in [2.05, 4.69) is 4.18 Å². The highest BCUT2D eigenvalue weighted by atomic mass is 32.3. The summed E-state index contributed by atoms with van der Waals surface area (Å²) >= 11 is 0. The Kier molecular flexibility index (Phi) is 12.9. The van der Waals surface area contributed by atoms with Crippen LogP contribution in [0.2, 0.25) is 0 Å². The summed E-state index contributed by atoms with van der Waals surface area (Å²) in [5, 5.41) is 92.6. The molecule has 10 N–H and O–H groups in total. The summed E-state index contributed by atoms with van der Waals surface area (Å²) in [5.74, 6) is -5.18. The van der Waals surface area contributed by atoms with E-state index in [0.717, 1.165) is 18.2 Å². The van der Waals surface area contributed by atoms with Crippen LogP contribution in [0.3, 0.4) is 0 Å². The molecule has 10 unspecified atom stereocenters. The molecular formula is C32H37O23S+. The van der Waals surface area contributed by atoms with Gasteiger partial charge in [-0.2, -0.15) is 8.42 Å². The molecule has 308 valence electrons. The zero-order valence-corrected chi connectivity index (χ0v) is 29.8. The van der Waals surface area contributed by atoms with Gasteiger partial charge in [-0.25, -0.2) is 8.60 Å². The van der Waals surface area contributed by atoms with E-state index in [1.54, 1.807) is 0 Å². The van der Waals surface area contributed by atoms with Crippen molar-refractivity contribution in [1.29, 1.82) is 0 Å². The molecule has 10 atom stereocenters. The van der Waals surface area contributed by atoms with Crippen LogP contribution < -0.4 is 18.9 Å². The van der Waals surface area contributed by atoms with Crippen LogP contribution in [-0.2, 0) is 38.4 Å². The van der Waals surface area contributed by atoms with Crippen molar-refractivity contribution in [3.63, 3.8) is 0 Å². The van der Waals surface area contributed by atoms with Crippen LogP contribution in [0.4, 0.5) is 0 Å². The Morgan fingerprint density at radius 1 is 0.786 bits per heavy atom. The second kappa shape index (κ2) is 17.1. The number of aliphatic hydroxyl groups excluding tert-OH is 6. The summed E-state index contributed by atoms with van der Waals surface area (Å²) in [6, 6.07) is 5.68. The predicted molar refractivity (Wildman–Crippen MR) is 178 cm³/mol. The van der Waals surface area contributed by atoms with Gasteiger partial charge >= 0.3 is 33.7 Å². The number of carboxylic acids is 1. The molecule has 2 aliphatic heterocycles.